The summed E-state index contributed by atoms with van der Waals surface area (Å²) in [5, 5.41) is 0. The van der Waals surface area contributed by atoms with E-state index in [1.807, 2.05) is 0 Å². The predicted octanol–water partition coefficient (Wildman–Crippen LogP) is 1.01. The van der Waals surface area contributed by atoms with Crippen LogP contribution in [0.25, 0.3) is 0 Å². The molecular formula is C10H22N2O. The van der Waals surface area contributed by atoms with Gasteiger partial charge in [0.05, 0.1) is 19.4 Å². The van der Waals surface area contributed by atoms with Gasteiger partial charge in [-0.05, 0) is 20.0 Å². The molecule has 1 heterocycles. The van der Waals surface area contributed by atoms with Crippen molar-refractivity contribution >= 4 is 0 Å². The Kier molecular flexibility index (Phi) is 4.70. The molecule has 3 nitrogen and oxygen atoms in total. The minimum Gasteiger partial charge on any atom is -0.379 e. The van der Waals surface area contributed by atoms with Crippen LogP contribution in [0.2, 0.25) is 0 Å². The molecule has 0 aromatic carbocycles. The topological polar surface area (TPSA) is 15.7 Å². The van der Waals surface area contributed by atoms with Crippen molar-refractivity contribution in [2.45, 2.75) is 26.9 Å². The van der Waals surface area contributed by atoms with Gasteiger partial charge in [0, 0.05) is 13.1 Å². The van der Waals surface area contributed by atoms with Crippen molar-refractivity contribution in [2.24, 2.45) is 0 Å². The maximum atomic E-state index is 5.34. The summed E-state index contributed by atoms with van der Waals surface area (Å²) in [5.74, 6) is 0. The molecule has 1 aliphatic heterocycles. The summed E-state index contributed by atoms with van der Waals surface area (Å²) in [7, 11) is 0. The molecule has 0 radical (unpaired) electrons. The van der Waals surface area contributed by atoms with Gasteiger partial charge in [0.2, 0.25) is 0 Å². The van der Waals surface area contributed by atoms with Crippen LogP contribution in [0.1, 0.15) is 20.8 Å². The zero-order chi connectivity index (χ0) is 9.68. The van der Waals surface area contributed by atoms with Crippen molar-refractivity contribution in [1.82, 2.24) is 9.80 Å². The highest BCUT2D eigenvalue weighted by Crippen LogP contribution is 2.07. The average Bonchev–Trinajstić information content (AvgIpc) is 2.21. The molecule has 1 aliphatic rings. The molecule has 0 N–H and O–H groups in total. The van der Waals surface area contributed by atoms with E-state index in [2.05, 4.69) is 30.6 Å². The van der Waals surface area contributed by atoms with Crippen LogP contribution in [0.5, 0.6) is 0 Å². The number of ether oxygens (including phenoxy) is 1. The standard InChI is InChI=1S/C10H22N2O/c1-4-11(5-2)10(3)12-6-8-13-9-7-12/h10H,4-9H2,1-3H3. The van der Waals surface area contributed by atoms with Crippen LogP contribution < -0.4 is 0 Å². The first kappa shape index (κ1) is 11.0. The van der Waals surface area contributed by atoms with Gasteiger partial charge < -0.3 is 4.74 Å². The molecule has 1 rings (SSSR count). The maximum absolute atomic E-state index is 5.34. The highest BCUT2D eigenvalue weighted by molar-refractivity contribution is 4.70. The van der Waals surface area contributed by atoms with Crippen molar-refractivity contribution in [2.75, 3.05) is 39.4 Å². The van der Waals surface area contributed by atoms with E-state index < -0.39 is 0 Å². The Balaban J connectivity index is 2.38. The van der Waals surface area contributed by atoms with Crippen LogP contribution in [0.4, 0.5) is 0 Å². The van der Waals surface area contributed by atoms with Crippen molar-refractivity contribution in [3.8, 4) is 0 Å². The normalized spacial score (nSPS) is 22.2. The second kappa shape index (κ2) is 5.58. The number of nitrogens with zero attached hydrogens (tertiary/aromatic N) is 2. The predicted molar refractivity (Wildman–Crippen MR) is 54.8 cm³/mol. The smallest absolute Gasteiger partial charge is 0.0594 e. The Labute approximate surface area is 81.7 Å². The fraction of sp³-hybridized carbons (Fsp3) is 1.00. The summed E-state index contributed by atoms with van der Waals surface area (Å²) in [6.45, 7) is 13.0. The number of hydrogen-bond donors (Lipinski definition) is 0. The summed E-state index contributed by atoms with van der Waals surface area (Å²) < 4.78 is 5.34. The Morgan fingerprint density at radius 1 is 1.23 bits per heavy atom. The molecule has 1 fully saturated rings. The third-order valence-electron chi connectivity index (χ3n) is 2.91. The Morgan fingerprint density at radius 2 is 1.77 bits per heavy atom. The summed E-state index contributed by atoms with van der Waals surface area (Å²) >= 11 is 0. The lowest BCUT2D eigenvalue weighted by molar-refractivity contribution is -0.0237. The minimum absolute atomic E-state index is 0.568. The van der Waals surface area contributed by atoms with Crippen LogP contribution in [0, 0.1) is 0 Å². The fourth-order valence-electron chi connectivity index (χ4n) is 1.93. The van der Waals surface area contributed by atoms with E-state index in [1.54, 1.807) is 0 Å². The number of morpholine rings is 1. The zero-order valence-electron chi connectivity index (χ0n) is 9.12. The van der Waals surface area contributed by atoms with Crippen LogP contribution in [-0.2, 0) is 4.74 Å². The first-order chi connectivity index (χ1) is 6.29. The molecule has 0 aliphatic carbocycles. The lowest BCUT2D eigenvalue weighted by Crippen LogP contribution is -2.50. The molecule has 1 saturated heterocycles. The highest BCUT2D eigenvalue weighted by atomic mass is 16.5. The largest absolute Gasteiger partial charge is 0.379 e. The van der Waals surface area contributed by atoms with Crippen LogP contribution in [0.15, 0.2) is 0 Å². The Morgan fingerprint density at radius 3 is 2.23 bits per heavy atom. The molecule has 78 valence electrons. The molecule has 13 heavy (non-hydrogen) atoms. The zero-order valence-corrected chi connectivity index (χ0v) is 9.12. The highest BCUT2D eigenvalue weighted by Gasteiger charge is 2.20. The summed E-state index contributed by atoms with van der Waals surface area (Å²) in [4.78, 5) is 4.97. The molecule has 0 aromatic heterocycles. The number of hydrogen-bond acceptors (Lipinski definition) is 3. The van der Waals surface area contributed by atoms with Crippen molar-refractivity contribution < 1.29 is 4.74 Å². The summed E-state index contributed by atoms with van der Waals surface area (Å²) in [6, 6.07) is 0. The molecule has 0 aromatic rings. The van der Waals surface area contributed by atoms with Crippen molar-refractivity contribution in [3.05, 3.63) is 0 Å². The first-order valence-electron chi connectivity index (χ1n) is 5.35. The SMILES string of the molecule is CCN(CC)C(C)N1CCOCC1. The van der Waals surface area contributed by atoms with Gasteiger partial charge >= 0.3 is 0 Å². The quantitative estimate of drug-likeness (QED) is 0.651. The van der Waals surface area contributed by atoms with Gasteiger partial charge in [0.15, 0.2) is 0 Å². The van der Waals surface area contributed by atoms with Gasteiger partial charge in [-0.1, -0.05) is 13.8 Å². The van der Waals surface area contributed by atoms with Gasteiger partial charge in [-0.2, -0.15) is 0 Å². The van der Waals surface area contributed by atoms with Crippen LogP contribution in [-0.4, -0.2) is 55.4 Å². The van der Waals surface area contributed by atoms with Gasteiger partial charge in [0.25, 0.3) is 0 Å². The van der Waals surface area contributed by atoms with Crippen molar-refractivity contribution in [1.29, 1.82) is 0 Å². The summed E-state index contributed by atoms with van der Waals surface area (Å²) in [5.41, 5.74) is 0. The fourth-order valence-corrected chi connectivity index (χ4v) is 1.93. The van der Waals surface area contributed by atoms with E-state index in [-0.39, 0.29) is 0 Å². The van der Waals surface area contributed by atoms with Gasteiger partial charge in [-0.3, -0.25) is 9.80 Å². The monoisotopic (exact) mass is 186 g/mol. The Hall–Kier alpha value is -0.120. The van der Waals surface area contributed by atoms with E-state index in [0.29, 0.717) is 6.17 Å². The van der Waals surface area contributed by atoms with E-state index in [0.717, 1.165) is 39.4 Å². The minimum atomic E-state index is 0.568. The molecule has 0 amide bonds. The van der Waals surface area contributed by atoms with Gasteiger partial charge in [-0.15, -0.1) is 0 Å². The second-order valence-corrected chi connectivity index (χ2v) is 3.50. The van der Waals surface area contributed by atoms with E-state index in [4.69, 9.17) is 4.74 Å². The lowest BCUT2D eigenvalue weighted by Gasteiger charge is -2.38. The third kappa shape index (κ3) is 2.93. The van der Waals surface area contributed by atoms with E-state index in [9.17, 15) is 0 Å². The maximum Gasteiger partial charge on any atom is 0.0594 e. The first-order valence-corrected chi connectivity index (χ1v) is 5.35. The Bertz CT molecular complexity index is 131. The molecule has 1 unspecified atom stereocenters. The summed E-state index contributed by atoms with van der Waals surface area (Å²) in [6.07, 6.45) is 0.568. The van der Waals surface area contributed by atoms with Gasteiger partial charge in [0.1, 0.15) is 0 Å². The van der Waals surface area contributed by atoms with E-state index in [1.165, 1.54) is 0 Å². The van der Waals surface area contributed by atoms with Gasteiger partial charge in [-0.25, -0.2) is 0 Å². The molecule has 0 spiro atoms. The molecule has 3 heteroatoms. The average molecular weight is 186 g/mol. The number of rotatable bonds is 4. The molecular weight excluding hydrogens is 164 g/mol. The lowest BCUT2D eigenvalue weighted by atomic mass is 10.3. The molecule has 0 bridgehead atoms. The van der Waals surface area contributed by atoms with Crippen LogP contribution in [0.3, 0.4) is 0 Å². The second-order valence-electron chi connectivity index (χ2n) is 3.50. The van der Waals surface area contributed by atoms with Crippen molar-refractivity contribution in [3.63, 3.8) is 0 Å². The molecule has 1 atom stereocenters. The molecule has 0 saturated carbocycles. The third-order valence-corrected chi connectivity index (χ3v) is 2.91. The van der Waals surface area contributed by atoms with E-state index >= 15 is 0 Å². The van der Waals surface area contributed by atoms with Crippen LogP contribution >= 0.6 is 0 Å².